The number of fused-ring (bicyclic) bond motifs is 3. The molecule has 130 valence electrons. The van der Waals surface area contributed by atoms with E-state index >= 15 is 0 Å². The minimum atomic E-state index is 1.09. The lowest BCUT2D eigenvalue weighted by Crippen LogP contribution is -1.84. The Morgan fingerprint density at radius 3 is 2.04 bits per heavy atom. The summed E-state index contributed by atoms with van der Waals surface area (Å²) in [6, 6.07) is 29.9. The molecule has 0 fully saturated rings. The SMILES string of the molecule is Brc1ccccc1-c1ccc(-c2ccc3[nH]c4ccccc4c3c2)cc1Br. The molecule has 0 aliphatic rings. The van der Waals surface area contributed by atoms with E-state index in [0.717, 1.165) is 8.95 Å². The summed E-state index contributed by atoms with van der Waals surface area (Å²) in [6.45, 7) is 0. The summed E-state index contributed by atoms with van der Waals surface area (Å²) in [4.78, 5) is 3.49. The minimum Gasteiger partial charge on any atom is -0.355 e. The van der Waals surface area contributed by atoms with Gasteiger partial charge in [0.2, 0.25) is 0 Å². The predicted molar refractivity (Wildman–Crippen MR) is 122 cm³/mol. The molecule has 1 aromatic heterocycles. The van der Waals surface area contributed by atoms with E-state index in [1.807, 2.05) is 6.07 Å². The number of hydrogen-bond acceptors (Lipinski definition) is 0. The van der Waals surface area contributed by atoms with Crippen LogP contribution in [0, 0.1) is 0 Å². The Morgan fingerprint density at radius 1 is 0.519 bits per heavy atom. The van der Waals surface area contributed by atoms with Gasteiger partial charge in [0, 0.05) is 30.8 Å². The molecule has 1 N–H and O–H groups in total. The third-order valence-corrected chi connectivity index (χ3v) is 6.32. The number of benzene rings is 4. The molecular weight excluding hydrogens is 462 g/mol. The van der Waals surface area contributed by atoms with Gasteiger partial charge in [-0.05, 0) is 52.6 Å². The molecule has 4 aromatic carbocycles. The van der Waals surface area contributed by atoms with Gasteiger partial charge in [-0.3, -0.25) is 0 Å². The van der Waals surface area contributed by atoms with Gasteiger partial charge in [0.05, 0.1) is 0 Å². The van der Waals surface area contributed by atoms with E-state index in [2.05, 4.69) is 116 Å². The van der Waals surface area contributed by atoms with Gasteiger partial charge in [-0.25, -0.2) is 0 Å². The maximum atomic E-state index is 3.77. The Labute approximate surface area is 174 Å². The topological polar surface area (TPSA) is 15.8 Å². The molecule has 5 aromatic rings. The Bertz CT molecular complexity index is 1300. The lowest BCUT2D eigenvalue weighted by atomic mass is 9.99. The molecule has 0 saturated heterocycles. The molecule has 0 saturated carbocycles. The standard InChI is InChI=1S/C24H15Br2N/c25-21-7-3-1-5-17(21)18-11-9-16(14-22(18)26)15-10-12-24-20(13-15)19-6-2-4-8-23(19)27-24/h1-14,27H. The molecule has 0 spiro atoms. The van der Waals surface area contributed by atoms with Crippen LogP contribution in [0.4, 0.5) is 0 Å². The van der Waals surface area contributed by atoms with Crippen molar-refractivity contribution in [3.63, 3.8) is 0 Å². The van der Waals surface area contributed by atoms with Crippen LogP contribution in [0.3, 0.4) is 0 Å². The number of rotatable bonds is 2. The number of para-hydroxylation sites is 1. The molecule has 1 nitrogen and oxygen atoms in total. The molecule has 27 heavy (non-hydrogen) atoms. The van der Waals surface area contributed by atoms with E-state index < -0.39 is 0 Å². The number of halogens is 2. The monoisotopic (exact) mass is 475 g/mol. The predicted octanol–water partition coefficient (Wildman–Crippen LogP) is 8.18. The van der Waals surface area contributed by atoms with E-state index in [9.17, 15) is 0 Å². The van der Waals surface area contributed by atoms with E-state index in [1.54, 1.807) is 0 Å². The minimum absolute atomic E-state index is 1.09. The fourth-order valence-electron chi connectivity index (χ4n) is 3.62. The molecule has 0 aliphatic heterocycles. The third-order valence-electron chi connectivity index (χ3n) is 4.97. The highest BCUT2D eigenvalue weighted by molar-refractivity contribution is 9.11. The summed E-state index contributed by atoms with van der Waals surface area (Å²) in [6.07, 6.45) is 0. The van der Waals surface area contributed by atoms with Gasteiger partial charge in [-0.15, -0.1) is 0 Å². The van der Waals surface area contributed by atoms with Crippen LogP contribution >= 0.6 is 31.9 Å². The lowest BCUT2D eigenvalue weighted by molar-refractivity contribution is 1.53. The van der Waals surface area contributed by atoms with Crippen LogP contribution in [0.5, 0.6) is 0 Å². The van der Waals surface area contributed by atoms with Crippen molar-refractivity contribution in [3.05, 3.63) is 93.9 Å². The van der Waals surface area contributed by atoms with Gasteiger partial charge in [0.25, 0.3) is 0 Å². The van der Waals surface area contributed by atoms with Gasteiger partial charge >= 0.3 is 0 Å². The van der Waals surface area contributed by atoms with Crippen molar-refractivity contribution in [1.29, 1.82) is 0 Å². The Hall–Kier alpha value is -2.36. The molecule has 0 amide bonds. The van der Waals surface area contributed by atoms with Crippen molar-refractivity contribution in [3.8, 4) is 22.3 Å². The normalized spacial score (nSPS) is 11.3. The average molecular weight is 477 g/mol. The van der Waals surface area contributed by atoms with Crippen molar-refractivity contribution in [2.45, 2.75) is 0 Å². The van der Waals surface area contributed by atoms with E-state index in [-0.39, 0.29) is 0 Å². The van der Waals surface area contributed by atoms with Crippen molar-refractivity contribution < 1.29 is 0 Å². The second kappa shape index (κ2) is 6.66. The first kappa shape index (κ1) is 16.8. The quantitative estimate of drug-likeness (QED) is 0.264. The van der Waals surface area contributed by atoms with E-state index in [1.165, 1.54) is 44.1 Å². The summed E-state index contributed by atoms with van der Waals surface area (Å²) >= 11 is 7.42. The van der Waals surface area contributed by atoms with Gasteiger partial charge in [-0.1, -0.05) is 86.5 Å². The summed E-state index contributed by atoms with van der Waals surface area (Å²) in [7, 11) is 0. The molecule has 5 rings (SSSR count). The number of nitrogens with one attached hydrogen (secondary N) is 1. The van der Waals surface area contributed by atoms with Crippen LogP contribution in [0.25, 0.3) is 44.1 Å². The third kappa shape index (κ3) is 2.91. The number of H-pyrrole nitrogens is 1. The Balaban J connectivity index is 1.63. The summed E-state index contributed by atoms with van der Waals surface area (Å²) in [5.41, 5.74) is 7.12. The van der Waals surface area contributed by atoms with Gasteiger partial charge < -0.3 is 4.98 Å². The lowest BCUT2D eigenvalue weighted by Gasteiger charge is -2.10. The number of aromatic amines is 1. The van der Waals surface area contributed by atoms with E-state index in [0.29, 0.717) is 0 Å². The van der Waals surface area contributed by atoms with Gasteiger partial charge in [-0.2, -0.15) is 0 Å². The maximum Gasteiger partial charge on any atom is 0.0465 e. The van der Waals surface area contributed by atoms with Crippen LogP contribution in [0.15, 0.2) is 93.9 Å². The van der Waals surface area contributed by atoms with Crippen molar-refractivity contribution in [2.24, 2.45) is 0 Å². The summed E-state index contributed by atoms with van der Waals surface area (Å²) in [5.74, 6) is 0. The van der Waals surface area contributed by atoms with Crippen molar-refractivity contribution in [1.82, 2.24) is 4.98 Å². The second-order valence-corrected chi connectivity index (χ2v) is 8.31. The molecule has 0 unspecified atom stereocenters. The van der Waals surface area contributed by atoms with Crippen LogP contribution < -0.4 is 0 Å². The average Bonchev–Trinajstić information content (AvgIpc) is 3.06. The molecule has 3 heteroatoms. The van der Waals surface area contributed by atoms with Gasteiger partial charge in [0.1, 0.15) is 0 Å². The highest BCUT2D eigenvalue weighted by Crippen LogP contribution is 2.37. The Kier molecular flexibility index (Phi) is 4.14. The Morgan fingerprint density at radius 2 is 1.19 bits per heavy atom. The van der Waals surface area contributed by atoms with Crippen LogP contribution in [-0.2, 0) is 0 Å². The summed E-state index contributed by atoms with van der Waals surface area (Å²) < 4.78 is 2.18. The number of aromatic nitrogens is 1. The first-order chi connectivity index (χ1) is 13.2. The molecule has 0 atom stereocenters. The van der Waals surface area contributed by atoms with Crippen molar-refractivity contribution in [2.75, 3.05) is 0 Å². The first-order valence-corrected chi connectivity index (χ1v) is 10.3. The van der Waals surface area contributed by atoms with Crippen LogP contribution in [0.1, 0.15) is 0 Å². The van der Waals surface area contributed by atoms with Crippen LogP contribution in [-0.4, -0.2) is 4.98 Å². The van der Waals surface area contributed by atoms with Crippen molar-refractivity contribution >= 4 is 53.7 Å². The molecule has 0 aliphatic carbocycles. The summed E-state index contributed by atoms with van der Waals surface area (Å²) in [5, 5.41) is 2.52. The fraction of sp³-hybridized carbons (Fsp3) is 0. The number of hydrogen-bond donors (Lipinski definition) is 1. The van der Waals surface area contributed by atoms with Crippen LogP contribution in [0.2, 0.25) is 0 Å². The molecule has 0 radical (unpaired) electrons. The smallest absolute Gasteiger partial charge is 0.0465 e. The maximum absolute atomic E-state index is 3.77. The molecular formula is C24H15Br2N. The first-order valence-electron chi connectivity index (χ1n) is 8.76. The highest BCUT2D eigenvalue weighted by Gasteiger charge is 2.10. The molecule has 1 heterocycles. The zero-order valence-electron chi connectivity index (χ0n) is 14.3. The largest absolute Gasteiger partial charge is 0.355 e. The zero-order valence-corrected chi connectivity index (χ0v) is 17.5. The van der Waals surface area contributed by atoms with E-state index in [4.69, 9.17) is 0 Å². The highest BCUT2D eigenvalue weighted by atomic mass is 79.9. The van der Waals surface area contributed by atoms with Gasteiger partial charge in [0.15, 0.2) is 0 Å². The molecule has 0 bridgehead atoms. The fourth-order valence-corrected chi connectivity index (χ4v) is 4.71. The zero-order chi connectivity index (χ0) is 18.4. The second-order valence-electron chi connectivity index (χ2n) is 6.61.